The lowest BCUT2D eigenvalue weighted by Crippen LogP contribution is -2.60. The second kappa shape index (κ2) is 6.20. The van der Waals surface area contributed by atoms with Gasteiger partial charge in [-0.3, -0.25) is 9.69 Å². The predicted octanol–water partition coefficient (Wildman–Crippen LogP) is 0.781. The van der Waals surface area contributed by atoms with Gasteiger partial charge in [-0.15, -0.1) is 0 Å². The number of nitrogens with zero attached hydrogens (tertiary/aromatic N) is 1. The maximum absolute atomic E-state index is 12.1. The first-order valence-electron chi connectivity index (χ1n) is 7.32. The van der Waals surface area contributed by atoms with Crippen molar-refractivity contribution in [2.24, 2.45) is 0 Å². The molecule has 2 fully saturated rings. The normalized spacial score (nSPS) is 30.7. The summed E-state index contributed by atoms with van der Waals surface area (Å²) in [4.78, 5) is 14.5. The highest BCUT2D eigenvalue weighted by Crippen LogP contribution is 2.30. The number of morpholine rings is 1. The van der Waals surface area contributed by atoms with Crippen LogP contribution < -0.4 is 5.32 Å². The average molecular weight is 270 g/mol. The summed E-state index contributed by atoms with van der Waals surface area (Å²) in [5.41, 5.74) is -0.638. The Hall–Kier alpha value is -0.650. The zero-order chi connectivity index (χ0) is 13.9. The van der Waals surface area contributed by atoms with Crippen molar-refractivity contribution in [3.05, 3.63) is 0 Å². The molecule has 1 heterocycles. The molecule has 110 valence electrons. The van der Waals surface area contributed by atoms with Crippen LogP contribution in [0.3, 0.4) is 0 Å². The van der Waals surface area contributed by atoms with Gasteiger partial charge in [-0.2, -0.15) is 0 Å². The van der Waals surface area contributed by atoms with Crippen molar-refractivity contribution in [3.63, 3.8) is 0 Å². The van der Waals surface area contributed by atoms with Crippen molar-refractivity contribution in [2.45, 2.75) is 50.8 Å². The number of hydrogen-bond donors (Lipinski definition) is 1. The lowest BCUT2D eigenvalue weighted by Gasteiger charge is -2.41. The molecule has 19 heavy (non-hydrogen) atoms. The van der Waals surface area contributed by atoms with Gasteiger partial charge in [0.1, 0.15) is 5.54 Å². The Bertz CT molecular complexity index is 324. The van der Waals surface area contributed by atoms with Gasteiger partial charge in [0.15, 0.2) is 0 Å². The predicted molar refractivity (Wildman–Crippen MR) is 73.0 cm³/mol. The van der Waals surface area contributed by atoms with Crippen molar-refractivity contribution in [1.82, 2.24) is 10.2 Å². The standard InChI is InChI=1S/C14H26N2O3/c1-4-18-13(17)14(2,15-3)10-16-8-9-19-12-7-5-6-11(12)16/h11-12,15H,4-10H2,1-3H3. The number of ether oxygens (including phenoxy) is 2. The summed E-state index contributed by atoms with van der Waals surface area (Å²) in [6.07, 6.45) is 3.91. The lowest BCUT2D eigenvalue weighted by molar-refractivity contribution is -0.152. The smallest absolute Gasteiger partial charge is 0.327 e. The Labute approximate surface area is 115 Å². The number of likely N-dealkylation sites (N-methyl/N-ethyl adjacent to an activating group) is 1. The van der Waals surface area contributed by atoms with Crippen LogP contribution in [0.25, 0.3) is 0 Å². The van der Waals surface area contributed by atoms with Crippen LogP contribution in [0.2, 0.25) is 0 Å². The molecule has 0 bridgehead atoms. The van der Waals surface area contributed by atoms with E-state index in [0.717, 1.165) is 19.6 Å². The highest BCUT2D eigenvalue weighted by atomic mass is 16.5. The second-order valence-corrected chi connectivity index (χ2v) is 5.68. The van der Waals surface area contributed by atoms with Crippen LogP contribution in [-0.2, 0) is 14.3 Å². The molecule has 0 spiro atoms. The van der Waals surface area contributed by atoms with E-state index < -0.39 is 5.54 Å². The molecule has 1 saturated carbocycles. The van der Waals surface area contributed by atoms with Crippen LogP contribution in [0.4, 0.5) is 0 Å². The zero-order valence-corrected chi connectivity index (χ0v) is 12.3. The number of rotatable bonds is 5. The van der Waals surface area contributed by atoms with E-state index in [9.17, 15) is 4.79 Å². The van der Waals surface area contributed by atoms with E-state index in [-0.39, 0.29) is 5.97 Å². The van der Waals surface area contributed by atoms with E-state index in [2.05, 4.69) is 10.2 Å². The second-order valence-electron chi connectivity index (χ2n) is 5.68. The van der Waals surface area contributed by atoms with Gasteiger partial charge in [0, 0.05) is 19.1 Å². The molecular formula is C14H26N2O3. The van der Waals surface area contributed by atoms with Gasteiger partial charge < -0.3 is 14.8 Å². The molecule has 0 aromatic rings. The summed E-state index contributed by atoms with van der Waals surface area (Å²) in [6.45, 7) is 6.54. The highest BCUT2D eigenvalue weighted by molar-refractivity contribution is 5.80. The Morgan fingerprint density at radius 1 is 1.53 bits per heavy atom. The van der Waals surface area contributed by atoms with E-state index in [1.165, 1.54) is 12.8 Å². The van der Waals surface area contributed by atoms with Crippen molar-refractivity contribution in [3.8, 4) is 0 Å². The molecule has 0 radical (unpaired) electrons. The topological polar surface area (TPSA) is 50.8 Å². The van der Waals surface area contributed by atoms with Crippen molar-refractivity contribution < 1.29 is 14.3 Å². The first-order valence-corrected chi connectivity index (χ1v) is 7.32. The third kappa shape index (κ3) is 3.09. The van der Waals surface area contributed by atoms with E-state index in [1.54, 1.807) is 0 Å². The minimum Gasteiger partial charge on any atom is -0.465 e. The van der Waals surface area contributed by atoms with E-state index in [1.807, 2.05) is 20.9 Å². The maximum atomic E-state index is 12.1. The number of carbonyl (C=O) groups is 1. The number of esters is 1. The van der Waals surface area contributed by atoms with Crippen LogP contribution in [0.1, 0.15) is 33.1 Å². The van der Waals surface area contributed by atoms with Gasteiger partial charge in [-0.05, 0) is 40.2 Å². The number of hydrogen-bond acceptors (Lipinski definition) is 5. The summed E-state index contributed by atoms with van der Waals surface area (Å²) >= 11 is 0. The highest BCUT2D eigenvalue weighted by Gasteiger charge is 2.42. The molecule has 3 unspecified atom stereocenters. The molecule has 0 aromatic carbocycles. The summed E-state index contributed by atoms with van der Waals surface area (Å²) in [7, 11) is 1.82. The molecule has 1 N–H and O–H groups in total. The van der Waals surface area contributed by atoms with Gasteiger partial charge in [0.05, 0.1) is 19.3 Å². The summed E-state index contributed by atoms with van der Waals surface area (Å²) < 4.78 is 11.0. The Morgan fingerprint density at radius 2 is 2.32 bits per heavy atom. The lowest BCUT2D eigenvalue weighted by atomic mass is 9.99. The molecule has 5 heteroatoms. The van der Waals surface area contributed by atoms with Gasteiger partial charge in [-0.1, -0.05) is 0 Å². The minimum atomic E-state index is -0.638. The Kier molecular flexibility index (Phi) is 4.81. The molecule has 5 nitrogen and oxygen atoms in total. The largest absolute Gasteiger partial charge is 0.465 e. The SMILES string of the molecule is CCOC(=O)C(C)(CN1CCOC2CCCC21)NC. The van der Waals surface area contributed by atoms with Crippen LogP contribution in [0.5, 0.6) is 0 Å². The summed E-state index contributed by atoms with van der Waals surface area (Å²) in [5, 5.41) is 3.13. The van der Waals surface area contributed by atoms with Gasteiger partial charge in [-0.25, -0.2) is 0 Å². The van der Waals surface area contributed by atoms with E-state index in [4.69, 9.17) is 9.47 Å². The van der Waals surface area contributed by atoms with Crippen molar-refractivity contribution in [1.29, 1.82) is 0 Å². The van der Waals surface area contributed by atoms with Crippen LogP contribution >= 0.6 is 0 Å². The number of nitrogens with one attached hydrogen (secondary N) is 1. The first-order chi connectivity index (χ1) is 9.10. The monoisotopic (exact) mass is 270 g/mol. The number of carbonyl (C=O) groups excluding carboxylic acids is 1. The minimum absolute atomic E-state index is 0.168. The summed E-state index contributed by atoms with van der Waals surface area (Å²) in [6, 6.07) is 0.468. The molecule has 1 saturated heterocycles. The van der Waals surface area contributed by atoms with Gasteiger partial charge in [0.25, 0.3) is 0 Å². The molecule has 3 atom stereocenters. The van der Waals surface area contributed by atoms with Crippen LogP contribution in [0, 0.1) is 0 Å². The van der Waals surface area contributed by atoms with E-state index in [0.29, 0.717) is 25.3 Å². The molecule has 1 aliphatic heterocycles. The quantitative estimate of drug-likeness (QED) is 0.748. The fourth-order valence-corrected chi connectivity index (χ4v) is 3.14. The average Bonchev–Trinajstić information content (AvgIpc) is 2.88. The molecule has 2 rings (SSSR count). The third-order valence-electron chi connectivity index (χ3n) is 4.39. The molecule has 1 aliphatic carbocycles. The zero-order valence-electron chi connectivity index (χ0n) is 12.3. The molecular weight excluding hydrogens is 244 g/mol. The van der Waals surface area contributed by atoms with Crippen LogP contribution in [-0.4, -0.2) is 61.9 Å². The van der Waals surface area contributed by atoms with Gasteiger partial charge >= 0.3 is 5.97 Å². The first kappa shape index (κ1) is 14.8. The van der Waals surface area contributed by atoms with Gasteiger partial charge in [0.2, 0.25) is 0 Å². The van der Waals surface area contributed by atoms with Crippen molar-refractivity contribution >= 4 is 5.97 Å². The van der Waals surface area contributed by atoms with E-state index >= 15 is 0 Å². The van der Waals surface area contributed by atoms with Crippen LogP contribution in [0.15, 0.2) is 0 Å². The molecule has 0 amide bonds. The molecule has 0 aromatic heterocycles. The Morgan fingerprint density at radius 3 is 3.00 bits per heavy atom. The number of fused-ring (bicyclic) bond motifs is 1. The fourth-order valence-electron chi connectivity index (χ4n) is 3.14. The maximum Gasteiger partial charge on any atom is 0.327 e. The molecule has 2 aliphatic rings. The Balaban J connectivity index is 2.02. The fraction of sp³-hybridized carbons (Fsp3) is 0.929. The summed E-state index contributed by atoms with van der Waals surface area (Å²) in [5.74, 6) is -0.168. The van der Waals surface area contributed by atoms with Crippen molar-refractivity contribution in [2.75, 3.05) is 33.4 Å². The third-order valence-corrected chi connectivity index (χ3v) is 4.39.